The SMILES string of the molecule is CC(C)(C)OC(=O)n1cccc1C(=O)O.COC[C@@H]1CCCN1. The third kappa shape index (κ3) is 6.83. The van der Waals surface area contributed by atoms with Crippen LogP contribution in [0.5, 0.6) is 0 Å². The molecule has 7 heteroatoms. The smallest absolute Gasteiger partial charge is 0.419 e. The van der Waals surface area contributed by atoms with Crippen LogP contribution in [0.2, 0.25) is 0 Å². The first kappa shape index (κ1) is 19.2. The predicted molar refractivity (Wildman–Crippen MR) is 85.9 cm³/mol. The van der Waals surface area contributed by atoms with Gasteiger partial charge in [0.05, 0.1) is 6.61 Å². The number of hydrogen-bond acceptors (Lipinski definition) is 5. The van der Waals surface area contributed by atoms with Crippen molar-refractivity contribution >= 4 is 12.1 Å². The van der Waals surface area contributed by atoms with Gasteiger partial charge < -0.3 is 19.9 Å². The zero-order valence-electron chi connectivity index (χ0n) is 14.2. The summed E-state index contributed by atoms with van der Waals surface area (Å²) in [5.74, 6) is -1.16. The maximum Gasteiger partial charge on any atom is 0.419 e. The summed E-state index contributed by atoms with van der Waals surface area (Å²) in [5, 5.41) is 12.1. The van der Waals surface area contributed by atoms with Crippen LogP contribution in [0.4, 0.5) is 4.79 Å². The topological polar surface area (TPSA) is 89.8 Å². The van der Waals surface area contributed by atoms with Crippen molar-refractivity contribution in [2.24, 2.45) is 0 Å². The first-order chi connectivity index (χ1) is 10.7. The average molecular weight is 326 g/mol. The number of aromatic nitrogens is 1. The highest BCUT2D eigenvalue weighted by atomic mass is 16.6. The Morgan fingerprint density at radius 2 is 2.13 bits per heavy atom. The molecule has 1 fully saturated rings. The lowest BCUT2D eigenvalue weighted by Gasteiger charge is -2.19. The Kier molecular flexibility index (Phi) is 7.25. The summed E-state index contributed by atoms with van der Waals surface area (Å²) in [5.41, 5.74) is -0.749. The molecule has 130 valence electrons. The molecule has 0 saturated carbocycles. The molecular weight excluding hydrogens is 300 g/mol. The van der Waals surface area contributed by atoms with E-state index in [0.29, 0.717) is 6.04 Å². The number of hydrogen-bond donors (Lipinski definition) is 2. The molecule has 1 aromatic rings. The molecule has 1 aliphatic heterocycles. The van der Waals surface area contributed by atoms with E-state index in [4.69, 9.17) is 14.6 Å². The maximum absolute atomic E-state index is 11.5. The lowest BCUT2D eigenvalue weighted by molar-refractivity contribution is 0.0506. The zero-order chi connectivity index (χ0) is 17.5. The van der Waals surface area contributed by atoms with Gasteiger partial charge in [-0.3, -0.25) is 0 Å². The van der Waals surface area contributed by atoms with Crippen LogP contribution in [0, 0.1) is 0 Å². The van der Waals surface area contributed by atoms with Crippen LogP contribution < -0.4 is 5.32 Å². The number of carbonyl (C=O) groups excluding carboxylic acids is 1. The van der Waals surface area contributed by atoms with Gasteiger partial charge in [0.25, 0.3) is 0 Å². The minimum absolute atomic E-state index is 0.107. The highest BCUT2D eigenvalue weighted by Gasteiger charge is 2.21. The molecule has 0 aliphatic carbocycles. The molecule has 2 heterocycles. The number of carboxylic acids is 1. The van der Waals surface area contributed by atoms with E-state index < -0.39 is 17.7 Å². The Hall–Kier alpha value is -1.86. The highest BCUT2D eigenvalue weighted by Crippen LogP contribution is 2.11. The monoisotopic (exact) mass is 326 g/mol. The van der Waals surface area contributed by atoms with Gasteiger partial charge in [-0.05, 0) is 52.3 Å². The van der Waals surface area contributed by atoms with Crippen molar-refractivity contribution in [3.8, 4) is 0 Å². The second-order valence-corrected chi connectivity index (χ2v) is 6.30. The van der Waals surface area contributed by atoms with E-state index in [1.54, 1.807) is 27.9 Å². The third-order valence-corrected chi connectivity index (χ3v) is 3.09. The fourth-order valence-electron chi connectivity index (χ4n) is 2.13. The molecular formula is C16H26N2O5. The van der Waals surface area contributed by atoms with Crippen LogP contribution in [0.3, 0.4) is 0 Å². The van der Waals surface area contributed by atoms with Gasteiger partial charge in [-0.25, -0.2) is 14.2 Å². The van der Waals surface area contributed by atoms with Gasteiger partial charge in [0.1, 0.15) is 11.3 Å². The zero-order valence-corrected chi connectivity index (χ0v) is 14.2. The number of ether oxygens (including phenoxy) is 2. The summed E-state index contributed by atoms with van der Waals surface area (Å²) < 4.78 is 11.0. The van der Waals surface area contributed by atoms with Crippen LogP contribution in [-0.4, -0.2) is 53.6 Å². The first-order valence-electron chi connectivity index (χ1n) is 7.61. The number of rotatable bonds is 3. The van der Waals surface area contributed by atoms with Gasteiger partial charge in [0, 0.05) is 19.3 Å². The Morgan fingerprint density at radius 1 is 1.43 bits per heavy atom. The van der Waals surface area contributed by atoms with Crippen molar-refractivity contribution < 1.29 is 24.2 Å². The van der Waals surface area contributed by atoms with Gasteiger partial charge in [0.15, 0.2) is 0 Å². The van der Waals surface area contributed by atoms with Crippen molar-refractivity contribution in [2.75, 3.05) is 20.3 Å². The minimum atomic E-state index is -1.16. The largest absolute Gasteiger partial charge is 0.477 e. The first-order valence-corrected chi connectivity index (χ1v) is 7.61. The summed E-state index contributed by atoms with van der Waals surface area (Å²) in [6, 6.07) is 3.46. The Labute approximate surface area is 136 Å². The number of nitrogens with zero attached hydrogens (tertiary/aromatic N) is 1. The number of carbonyl (C=O) groups is 2. The van der Waals surface area contributed by atoms with Crippen molar-refractivity contribution in [3.05, 3.63) is 24.0 Å². The Bertz CT molecular complexity index is 513. The van der Waals surface area contributed by atoms with Crippen molar-refractivity contribution in [1.82, 2.24) is 9.88 Å². The number of methoxy groups -OCH3 is 1. The van der Waals surface area contributed by atoms with Gasteiger partial charge in [-0.2, -0.15) is 0 Å². The number of nitrogens with one attached hydrogen (secondary N) is 1. The van der Waals surface area contributed by atoms with Crippen molar-refractivity contribution in [3.63, 3.8) is 0 Å². The fourth-order valence-corrected chi connectivity index (χ4v) is 2.13. The standard InChI is InChI=1S/C10H13NO4.C6H13NO/c1-10(2,3)15-9(14)11-6-4-5-7(11)8(12)13;1-8-5-6-3-2-4-7-6/h4-6H,1-3H3,(H,12,13);6-7H,2-5H2,1H3/t;6-/m.0/s1. The maximum atomic E-state index is 11.5. The van der Waals surface area contributed by atoms with Crippen LogP contribution in [-0.2, 0) is 9.47 Å². The van der Waals surface area contributed by atoms with E-state index in [9.17, 15) is 9.59 Å². The molecule has 2 N–H and O–H groups in total. The van der Waals surface area contributed by atoms with Crippen LogP contribution in [0.25, 0.3) is 0 Å². The average Bonchev–Trinajstić information content (AvgIpc) is 3.08. The molecule has 0 amide bonds. The van der Waals surface area contributed by atoms with Crippen molar-refractivity contribution in [2.45, 2.75) is 45.3 Å². The highest BCUT2D eigenvalue weighted by molar-refractivity contribution is 5.90. The van der Waals surface area contributed by atoms with Gasteiger partial charge in [0.2, 0.25) is 0 Å². The molecule has 23 heavy (non-hydrogen) atoms. The van der Waals surface area contributed by atoms with Crippen LogP contribution in [0.15, 0.2) is 18.3 Å². The van der Waals surface area contributed by atoms with E-state index >= 15 is 0 Å². The summed E-state index contributed by atoms with van der Waals surface area (Å²) in [7, 11) is 1.75. The summed E-state index contributed by atoms with van der Waals surface area (Å²) in [4.78, 5) is 22.2. The quantitative estimate of drug-likeness (QED) is 0.886. The molecule has 1 saturated heterocycles. The summed E-state index contributed by atoms with van der Waals surface area (Å²) >= 11 is 0. The molecule has 0 aromatic carbocycles. The van der Waals surface area contributed by atoms with E-state index in [1.165, 1.54) is 37.7 Å². The molecule has 0 radical (unpaired) electrons. The van der Waals surface area contributed by atoms with Gasteiger partial charge >= 0.3 is 12.1 Å². The van der Waals surface area contributed by atoms with E-state index in [0.717, 1.165) is 11.2 Å². The van der Waals surface area contributed by atoms with E-state index in [2.05, 4.69) is 5.32 Å². The lowest BCUT2D eigenvalue weighted by atomic mass is 10.2. The molecule has 0 bridgehead atoms. The predicted octanol–water partition coefficient (Wildman–Crippen LogP) is 2.35. The normalized spacial score (nSPS) is 17.3. The number of carboxylic acid groups (broad SMARTS) is 1. The van der Waals surface area contributed by atoms with Gasteiger partial charge in [-0.15, -0.1) is 0 Å². The second kappa shape index (κ2) is 8.69. The van der Waals surface area contributed by atoms with Crippen LogP contribution in [0.1, 0.15) is 44.1 Å². The molecule has 0 spiro atoms. The molecule has 0 unspecified atom stereocenters. The molecule has 2 rings (SSSR count). The lowest BCUT2D eigenvalue weighted by Crippen LogP contribution is -2.28. The molecule has 1 aliphatic rings. The third-order valence-electron chi connectivity index (χ3n) is 3.09. The molecule has 1 aromatic heterocycles. The summed E-state index contributed by atoms with van der Waals surface area (Å²) in [6.07, 6.45) is 3.27. The molecule has 7 nitrogen and oxygen atoms in total. The van der Waals surface area contributed by atoms with Crippen LogP contribution >= 0.6 is 0 Å². The summed E-state index contributed by atoms with van der Waals surface area (Å²) in [6.45, 7) is 7.20. The minimum Gasteiger partial charge on any atom is -0.477 e. The van der Waals surface area contributed by atoms with Crippen molar-refractivity contribution in [1.29, 1.82) is 0 Å². The fraction of sp³-hybridized carbons (Fsp3) is 0.625. The Morgan fingerprint density at radius 3 is 2.61 bits per heavy atom. The van der Waals surface area contributed by atoms with E-state index in [-0.39, 0.29) is 5.69 Å². The molecule has 1 atom stereocenters. The second-order valence-electron chi connectivity index (χ2n) is 6.30. The Balaban J connectivity index is 0.000000277. The van der Waals surface area contributed by atoms with E-state index in [1.807, 2.05) is 0 Å². The van der Waals surface area contributed by atoms with Gasteiger partial charge in [-0.1, -0.05) is 0 Å². The number of aromatic carboxylic acids is 1.